The molecular weight excluding hydrogens is 261 g/mol. The Kier molecular flexibility index (Phi) is 3.66. The van der Waals surface area contributed by atoms with E-state index in [0.29, 0.717) is 0 Å². The SMILES string of the molecule is CC1=C(F)C(F)=CC(F)(Cl)C1C(=O)CC(=O)O. The molecule has 17 heavy (non-hydrogen) atoms. The number of allylic oxidation sites excluding steroid dienone is 4. The Balaban J connectivity index is 3.15. The summed E-state index contributed by atoms with van der Waals surface area (Å²) >= 11 is 5.27. The van der Waals surface area contributed by atoms with Crippen molar-refractivity contribution in [2.24, 2.45) is 5.92 Å². The van der Waals surface area contributed by atoms with Gasteiger partial charge in [0.2, 0.25) is 5.13 Å². The molecule has 2 unspecified atom stereocenters. The average Bonchev–Trinajstić information content (AvgIpc) is 2.11. The maximum absolute atomic E-state index is 13.7. The maximum atomic E-state index is 13.7. The van der Waals surface area contributed by atoms with Crippen LogP contribution >= 0.6 is 11.6 Å². The number of carboxylic acids is 1. The molecule has 1 aliphatic rings. The minimum Gasteiger partial charge on any atom is -0.481 e. The lowest BCUT2D eigenvalue weighted by molar-refractivity contribution is -0.141. The number of hydrogen-bond donors (Lipinski definition) is 1. The standard InChI is InChI=1S/C10H8ClF3O3/c1-4-8(6(15)2-7(16)17)10(11,14)3-5(12)9(4)13/h3,8H,2H2,1H3,(H,16,17). The first kappa shape index (κ1) is 13.8. The van der Waals surface area contributed by atoms with Gasteiger partial charge in [0.15, 0.2) is 17.4 Å². The highest BCUT2D eigenvalue weighted by atomic mass is 35.5. The van der Waals surface area contributed by atoms with Gasteiger partial charge in [0.05, 0.1) is 5.92 Å². The lowest BCUT2D eigenvalue weighted by Crippen LogP contribution is -2.36. The summed E-state index contributed by atoms with van der Waals surface area (Å²) < 4.78 is 39.8. The van der Waals surface area contributed by atoms with E-state index < -0.39 is 46.4 Å². The quantitative estimate of drug-likeness (QED) is 0.632. The second-order valence-electron chi connectivity index (χ2n) is 3.63. The van der Waals surface area contributed by atoms with E-state index in [9.17, 15) is 22.8 Å². The van der Waals surface area contributed by atoms with Crippen molar-refractivity contribution >= 4 is 23.4 Å². The summed E-state index contributed by atoms with van der Waals surface area (Å²) in [5.74, 6) is -7.33. The van der Waals surface area contributed by atoms with Crippen molar-refractivity contribution in [3.05, 3.63) is 23.3 Å². The first-order chi connectivity index (χ1) is 7.66. The van der Waals surface area contributed by atoms with Gasteiger partial charge >= 0.3 is 5.97 Å². The van der Waals surface area contributed by atoms with Crippen molar-refractivity contribution in [1.82, 2.24) is 0 Å². The molecule has 7 heteroatoms. The molecule has 0 aliphatic heterocycles. The first-order valence-electron chi connectivity index (χ1n) is 4.54. The molecule has 0 spiro atoms. The molecule has 0 saturated heterocycles. The number of Topliss-reactive ketones (excluding diaryl/α,β-unsaturated/α-hetero) is 1. The second kappa shape index (κ2) is 4.52. The molecule has 0 saturated carbocycles. The van der Waals surface area contributed by atoms with Gasteiger partial charge in [0.25, 0.3) is 0 Å². The van der Waals surface area contributed by atoms with Crippen LogP contribution in [0.4, 0.5) is 13.2 Å². The van der Waals surface area contributed by atoms with Crippen molar-refractivity contribution < 1.29 is 27.9 Å². The summed E-state index contributed by atoms with van der Waals surface area (Å²) in [6.45, 7) is 0.989. The van der Waals surface area contributed by atoms with Crippen molar-refractivity contribution in [1.29, 1.82) is 0 Å². The monoisotopic (exact) mass is 268 g/mol. The minimum absolute atomic E-state index is 0.126. The molecule has 0 bridgehead atoms. The van der Waals surface area contributed by atoms with Crippen LogP contribution in [0, 0.1) is 5.92 Å². The summed E-state index contributed by atoms with van der Waals surface area (Å²) in [4.78, 5) is 21.8. The summed E-state index contributed by atoms with van der Waals surface area (Å²) in [6.07, 6.45) is -0.884. The molecule has 1 N–H and O–H groups in total. The molecule has 2 atom stereocenters. The number of carbonyl (C=O) groups excluding carboxylic acids is 1. The van der Waals surface area contributed by atoms with E-state index in [1.165, 1.54) is 0 Å². The molecule has 0 fully saturated rings. The molecule has 1 aliphatic carbocycles. The maximum Gasteiger partial charge on any atom is 0.310 e. The van der Waals surface area contributed by atoms with Gasteiger partial charge in [0.1, 0.15) is 6.42 Å². The molecular formula is C10H8ClF3O3. The van der Waals surface area contributed by atoms with Gasteiger partial charge in [-0.05, 0) is 12.5 Å². The number of halogens is 4. The van der Waals surface area contributed by atoms with Crippen molar-refractivity contribution in [2.45, 2.75) is 18.5 Å². The third-order valence-electron chi connectivity index (χ3n) is 2.34. The lowest BCUT2D eigenvalue weighted by Gasteiger charge is -2.28. The summed E-state index contributed by atoms with van der Waals surface area (Å²) in [5.41, 5.74) is -0.547. The molecule has 0 amide bonds. The third kappa shape index (κ3) is 2.69. The van der Waals surface area contributed by atoms with E-state index in [1.54, 1.807) is 0 Å². The second-order valence-corrected chi connectivity index (χ2v) is 4.21. The highest BCUT2D eigenvalue weighted by Gasteiger charge is 2.46. The van der Waals surface area contributed by atoms with Gasteiger partial charge in [-0.25, -0.2) is 13.2 Å². The van der Waals surface area contributed by atoms with Gasteiger partial charge in [-0.1, -0.05) is 11.6 Å². The zero-order valence-corrected chi connectivity index (χ0v) is 9.39. The van der Waals surface area contributed by atoms with Crippen LogP contribution < -0.4 is 0 Å². The Bertz CT molecular complexity index is 440. The average molecular weight is 269 g/mol. The number of carboxylic acid groups (broad SMARTS) is 1. The Morgan fingerprint density at radius 1 is 1.53 bits per heavy atom. The number of hydrogen-bond acceptors (Lipinski definition) is 2. The lowest BCUT2D eigenvalue weighted by atomic mass is 9.85. The van der Waals surface area contributed by atoms with Crippen LogP contribution in [0.3, 0.4) is 0 Å². The zero-order valence-electron chi connectivity index (χ0n) is 8.64. The molecule has 0 aromatic carbocycles. The number of rotatable bonds is 3. The highest BCUT2D eigenvalue weighted by Crippen LogP contribution is 2.43. The van der Waals surface area contributed by atoms with E-state index in [2.05, 4.69) is 0 Å². The summed E-state index contributed by atoms with van der Waals surface area (Å²) in [6, 6.07) is 0. The van der Waals surface area contributed by atoms with Crippen LogP contribution in [0.2, 0.25) is 0 Å². The third-order valence-corrected chi connectivity index (χ3v) is 2.67. The fraction of sp³-hybridized carbons (Fsp3) is 0.400. The number of carbonyl (C=O) groups is 2. The Labute approximate surface area is 99.6 Å². The fourth-order valence-corrected chi connectivity index (χ4v) is 2.01. The molecule has 0 radical (unpaired) electrons. The molecule has 3 nitrogen and oxygen atoms in total. The van der Waals surface area contributed by atoms with Gasteiger partial charge in [-0.3, -0.25) is 9.59 Å². The van der Waals surface area contributed by atoms with Crippen molar-refractivity contribution in [3.8, 4) is 0 Å². The highest BCUT2D eigenvalue weighted by molar-refractivity contribution is 6.26. The van der Waals surface area contributed by atoms with Gasteiger partial charge in [-0.2, -0.15) is 0 Å². The van der Waals surface area contributed by atoms with Gasteiger partial charge in [0, 0.05) is 6.08 Å². The van der Waals surface area contributed by atoms with Crippen molar-refractivity contribution in [3.63, 3.8) is 0 Å². The smallest absolute Gasteiger partial charge is 0.310 e. The number of aliphatic carboxylic acids is 1. The largest absolute Gasteiger partial charge is 0.481 e. The predicted octanol–water partition coefficient (Wildman–Crippen LogP) is 2.66. The van der Waals surface area contributed by atoms with Gasteiger partial charge < -0.3 is 5.11 Å². The Morgan fingerprint density at radius 2 is 2.06 bits per heavy atom. The zero-order chi connectivity index (χ0) is 13.4. The number of alkyl halides is 2. The van der Waals surface area contributed by atoms with Crippen molar-refractivity contribution in [2.75, 3.05) is 0 Å². The molecule has 0 aromatic heterocycles. The van der Waals surface area contributed by atoms with E-state index >= 15 is 0 Å². The normalized spacial score (nSPS) is 29.0. The van der Waals surface area contributed by atoms with Crippen LogP contribution in [-0.4, -0.2) is 22.0 Å². The molecule has 94 valence electrons. The van der Waals surface area contributed by atoms with E-state index in [1.807, 2.05) is 0 Å². The summed E-state index contributed by atoms with van der Waals surface area (Å²) in [7, 11) is 0. The van der Waals surface area contributed by atoms with E-state index in [-0.39, 0.29) is 6.08 Å². The van der Waals surface area contributed by atoms with Crippen LogP contribution in [0.5, 0.6) is 0 Å². The first-order valence-corrected chi connectivity index (χ1v) is 4.92. The Morgan fingerprint density at radius 3 is 2.53 bits per heavy atom. The summed E-state index contributed by atoms with van der Waals surface area (Å²) in [5, 5.41) is 5.46. The Hall–Kier alpha value is -1.30. The van der Waals surface area contributed by atoms with Gasteiger partial charge in [-0.15, -0.1) is 0 Å². The minimum atomic E-state index is -2.95. The molecule has 0 aromatic rings. The molecule has 1 rings (SSSR count). The van der Waals surface area contributed by atoms with Crippen LogP contribution in [0.1, 0.15) is 13.3 Å². The molecule has 0 heterocycles. The fourth-order valence-electron chi connectivity index (χ4n) is 1.63. The van der Waals surface area contributed by atoms with Crippen LogP contribution in [0.15, 0.2) is 23.3 Å². The predicted molar refractivity (Wildman–Crippen MR) is 53.4 cm³/mol. The van der Waals surface area contributed by atoms with Crippen LogP contribution in [-0.2, 0) is 9.59 Å². The van der Waals surface area contributed by atoms with Crippen LogP contribution in [0.25, 0.3) is 0 Å². The topological polar surface area (TPSA) is 54.4 Å². The van der Waals surface area contributed by atoms with E-state index in [4.69, 9.17) is 16.7 Å². The number of ketones is 1. The van der Waals surface area contributed by atoms with E-state index in [0.717, 1.165) is 6.92 Å².